The Labute approximate surface area is 196 Å². The van der Waals surface area contributed by atoms with Crippen LogP contribution in [0.3, 0.4) is 0 Å². The normalized spacial score (nSPS) is 15.5. The zero-order valence-corrected chi connectivity index (χ0v) is 19.7. The molecule has 3 aromatic rings. The number of anilines is 1. The topological polar surface area (TPSA) is 109 Å². The lowest BCUT2D eigenvalue weighted by molar-refractivity contribution is -0.128. The fourth-order valence-electron chi connectivity index (χ4n) is 3.76. The molecule has 10 heteroatoms. The minimum atomic E-state index is -3.30. The van der Waals surface area contributed by atoms with Crippen molar-refractivity contribution in [3.63, 3.8) is 0 Å². The fourth-order valence-corrected chi connectivity index (χ4v) is 5.54. The SMILES string of the molecule is CCS(=O)(=O)c1ccc(CC(=O)NN(C(=O)C2CCc3ncsc3C2)c2ccncc2)cc1. The van der Waals surface area contributed by atoms with Crippen LogP contribution in [0.4, 0.5) is 5.69 Å². The number of carbonyl (C=O) groups excluding carboxylic acids is 2. The van der Waals surface area contributed by atoms with Gasteiger partial charge in [0.15, 0.2) is 9.84 Å². The average molecular weight is 485 g/mol. The first-order valence-electron chi connectivity index (χ1n) is 10.6. The first-order chi connectivity index (χ1) is 15.9. The highest BCUT2D eigenvalue weighted by Gasteiger charge is 2.31. The van der Waals surface area contributed by atoms with Gasteiger partial charge >= 0.3 is 0 Å². The van der Waals surface area contributed by atoms with Crippen molar-refractivity contribution in [2.24, 2.45) is 5.92 Å². The third-order valence-electron chi connectivity index (χ3n) is 5.64. The molecule has 2 aromatic heterocycles. The van der Waals surface area contributed by atoms with E-state index in [4.69, 9.17) is 0 Å². The number of nitrogens with one attached hydrogen (secondary N) is 1. The van der Waals surface area contributed by atoms with E-state index in [1.54, 1.807) is 60.4 Å². The summed E-state index contributed by atoms with van der Waals surface area (Å²) in [5, 5.41) is 1.30. The van der Waals surface area contributed by atoms with E-state index in [9.17, 15) is 18.0 Å². The molecule has 0 radical (unpaired) electrons. The molecule has 2 heterocycles. The fraction of sp³-hybridized carbons (Fsp3) is 0.304. The lowest BCUT2D eigenvalue weighted by Crippen LogP contribution is -2.50. The second kappa shape index (κ2) is 9.80. The summed E-state index contributed by atoms with van der Waals surface area (Å²) < 4.78 is 24.0. The van der Waals surface area contributed by atoms with Crippen molar-refractivity contribution in [3.05, 3.63) is 70.4 Å². The van der Waals surface area contributed by atoms with Gasteiger partial charge in [-0.3, -0.25) is 20.0 Å². The van der Waals surface area contributed by atoms with Gasteiger partial charge in [0.2, 0.25) is 11.8 Å². The Morgan fingerprint density at radius 3 is 2.58 bits per heavy atom. The van der Waals surface area contributed by atoms with Crippen LogP contribution in [-0.2, 0) is 38.7 Å². The van der Waals surface area contributed by atoms with Crippen LogP contribution < -0.4 is 10.4 Å². The average Bonchev–Trinajstić information content (AvgIpc) is 3.31. The van der Waals surface area contributed by atoms with E-state index >= 15 is 0 Å². The summed E-state index contributed by atoms with van der Waals surface area (Å²) >= 11 is 1.55. The molecule has 0 fully saturated rings. The Hall–Kier alpha value is -3.11. The third kappa shape index (κ3) is 5.28. The number of pyridine rings is 1. The maximum Gasteiger partial charge on any atom is 0.249 e. The van der Waals surface area contributed by atoms with Crippen LogP contribution in [0, 0.1) is 5.92 Å². The molecule has 33 heavy (non-hydrogen) atoms. The highest BCUT2D eigenvalue weighted by Crippen LogP contribution is 2.29. The predicted molar refractivity (Wildman–Crippen MR) is 125 cm³/mol. The van der Waals surface area contributed by atoms with Crippen LogP contribution in [0.5, 0.6) is 0 Å². The number of sulfone groups is 1. The Kier molecular flexibility index (Phi) is 6.85. The molecule has 172 valence electrons. The number of fused-ring (bicyclic) bond motifs is 1. The molecule has 1 aliphatic rings. The molecular formula is C23H24N4O4S2. The second-order valence-electron chi connectivity index (χ2n) is 7.80. The molecular weight excluding hydrogens is 460 g/mol. The number of aryl methyl sites for hydroxylation is 1. The summed E-state index contributed by atoms with van der Waals surface area (Å²) in [4.78, 5) is 35.9. The zero-order valence-electron chi connectivity index (χ0n) is 18.1. The number of hydrogen-bond acceptors (Lipinski definition) is 7. The summed E-state index contributed by atoms with van der Waals surface area (Å²) in [6, 6.07) is 9.58. The number of hydrogen-bond donors (Lipinski definition) is 1. The van der Waals surface area contributed by atoms with Crippen LogP contribution in [-0.4, -0.2) is 36.0 Å². The van der Waals surface area contributed by atoms with Crippen LogP contribution in [0.15, 0.2) is 59.2 Å². The number of rotatable bonds is 6. The maximum atomic E-state index is 13.4. The Morgan fingerprint density at radius 1 is 1.15 bits per heavy atom. The second-order valence-corrected chi connectivity index (χ2v) is 11.0. The van der Waals surface area contributed by atoms with Crippen molar-refractivity contribution in [2.45, 2.75) is 37.5 Å². The van der Waals surface area contributed by atoms with Gasteiger partial charge in [-0.1, -0.05) is 19.1 Å². The quantitative estimate of drug-likeness (QED) is 0.539. The molecule has 4 rings (SSSR count). The smallest absolute Gasteiger partial charge is 0.249 e. The number of carbonyl (C=O) groups is 2. The Balaban J connectivity index is 1.49. The van der Waals surface area contributed by atoms with Gasteiger partial charge in [0.25, 0.3) is 0 Å². The summed E-state index contributed by atoms with van der Waals surface area (Å²) in [6.45, 7) is 1.59. The van der Waals surface area contributed by atoms with Gasteiger partial charge in [0.1, 0.15) is 0 Å². The highest BCUT2D eigenvalue weighted by molar-refractivity contribution is 7.91. The van der Waals surface area contributed by atoms with E-state index in [-0.39, 0.29) is 34.8 Å². The molecule has 1 N–H and O–H groups in total. The molecule has 0 saturated heterocycles. The van der Waals surface area contributed by atoms with Crippen LogP contribution >= 0.6 is 11.3 Å². The summed E-state index contributed by atoms with van der Waals surface area (Å²) in [6.07, 6.45) is 5.14. The van der Waals surface area contributed by atoms with Gasteiger partial charge in [-0.15, -0.1) is 11.3 Å². The van der Waals surface area contributed by atoms with Gasteiger partial charge in [-0.25, -0.2) is 18.4 Å². The Morgan fingerprint density at radius 2 is 1.88 bits per heavy atom. The van der Waals surface area contributed by atoms with Gasteiger partial charge in [0, 0.05) is 23.2 Å². The van der Waals surface area contributed by atoms with E-state index in [1.807, 2.05) is 0 Å². The highest BCUT2D eigenvalue weighted by atomic mass is 32.2. The number of amides is 2. The van der Waals surface area contributed by atoms with Crippen molar-refractivity contribution < 1.29 is 18.0 Å². The first-order valence-corrected chi connectivity index (χ1v) is 13.2. The predicted octanol–water partition coefficient (Wildman–Crippen LogP) is 2.74. The van der Waals surface area contributed by atoms with Crippen molar-refractivity contribution in [2.75, 3.05) is 10.8 Å². The standard InChI is InChI=1S/C23H24N4O4S2/c1-2-33(30,31)19-6-3-16(4-7-19)13-22(28)26-27(18-9-11-24-12-10-18)23(29)17-5-8-20-21(14-17)32-15-25-20/h3-4,6-7,9-12,15,17H,2,5,8,13-14H2,1H3,(H,26,28). The number of thiazole rings is 1. The van der Waals surface area contributed by atoms with Gasteiger partial charge in [0.05, 0.1) is 34.0 Å². The minimum Gasteiger partial charge on any atom is -0.273 e. The Bertz CT molecular complexity index is 1240. The van der Waals surface area contributed by atoms with Crippen LogP contribution in [0.1, 0.15) is 29.5 Å². The van der Waals surface area contributed by atoms with Gasteiger partial charge in [-0.05, 0) is 49.1 Å². The van der Waals surface area contributed by atoms with E-state index in [0.29, 0.717) is 24.1 Å². The third-order valence-corrected chi connectivity index (χ3v) is 8.29. The van der Waals surface area contributed by atoms with Crippen LogP contribution in [0.2, 0.25) is 0 Å². The molecule has 1 aromatic carbocycles. The molecule has 8 nitrogen and oxygen atoms in total. The number of nitrogens with zero attached hydrogens (tertiary/aromatic N) is 3. The van der Waals surface area contributed by atoms with E-state index in [0.717, 1.165) is 17.0 Å². The lowest BCUT2D eigenvalue weighted by atomic mass is 9.90. The molecule has 0 spiro atoms. The van der Waals surface area contributed by atoms with E-state index < -0.39 is 9.84 Å². The minimum absolute atomic E-state index is 0.00494. The van der Waals surface area contributed by atoms with Crippen molar-refractivity contribution in [1.29, 1.82) is 0 Å². The number of hydrazine groups is 1. The van der Waals surface area contributed by atoms with E-state index in [1.165, 1.54) is 17.1 Å². The van der Waals surface area contributed by atoms with Gasteiger partial charge < -0.3 is 0 Å². The van der Waals surface area contributed by atoms with Gasteiger partial charge in [-0.2, -0.15) is 0 Å². The molecule has 0 bridgehead atoms. The van der Waals surface area contributed by atoms with Crippen LogP contribution in [0.25, 0.3) is 0 Å². The summed E-state index contributed by atoms with van der Waals surface area (Å²) in [5.74, 6) is -0.802. The molecule has 2 amide bonds. The molecule has 1 unspecified atom stereocenters. The van der Waals surface area contributed by atoms with Crippen molar-refractivity contribution in [3.8, 4) is 0 Å². The maximum absolute atomic E-state index is 13.4. The largest absolute Gasteiger partial charge is 0.273 e. The molecule has 1 aliphatic carbocycles. The number of aromatic nitrogens is 2. The number of benzene rings is 1. The monoisotopic (exact) mass is 484 g/mol. The zero-order chi connectivity index (χ0) is 23.4. The van der Waals surface area contributed by atoms with Crippen molar-refractivity contribution in [1.82, 2.24) is 15.4 Å². The molecule has 1 atom stereocenters. The lowest BCUT2D eigenvalue weighted by Gasteiger charge is -2.29. The molecule has 0 aliphatic heterocycles. The summed E-state index contributed by atoms with van der Waals surface area (Å²) in [7, 11) is -3.30. The molecule has 0 saturated carbocycles. The van der Waals surface area contributed by atoms with E-state index in [2.05, 4.69) is 15.4 Å². The summed E-state index contributed by atoms with van der Waals surface area (Å²) in [5.41, 5.74) is 6.77. The first kappa shape index (κ1) is 23.1. The van der Waals surface area contributed by atoms with Crippen molar-refractivity contribution >= 4 is 38.7 Å².